The first-order valence-corrected chi connectivity index (χ1v) is 9.23. The minimum absolute atomic E-state index is 0.0409. The molecule has 0 aliphatic heterocycles. The van der Waals surface area contributed by atoms with Crippen LogP contribution in [-0.2, 0) is 11.5 Å². The summed E-state index contributed by atoms with van der Waals surface area (Å²) in [5, 5.41) is 11.4. The van der Waals surface area contributed by atoms with Gasteiger partial charge in [0.15, 0.2) is 3.95 Å². The molecule has 0 radical (unpaired) electrons. The van der Waals surface area contributed by atoms with Gasteiger partial charge in [-0.05, 0) is 44.2 Å². The fourth-order valence-electron chi connectivity index (χ4n) is 2.33. The quantitative estimate of drug-likeness (QED) is 0.687. The van der Waals surface area contributed by atoms with E-state index in [0.717, 1.165) is 24.3 Å². The molecule has 0 bridgehead atoms. The van der Waals surface area contributed by atoms with Gasteiger partial charge in [-0.2, -0.15) is 0 Å². The van der Waals surface area contributed by atoms with Crippen molar-refractivity contribution in [1.82, 2.24) is 20.0 Å². The molecule has 0 unspecified atom stereocenters. The van der Waals surface area contributed by atoms with Crippen molar-refractivity contribution in [3.63, 3.8) is 0 Å². The fourth-order valence-corrected chi connectivity index (χ4v) is 3.34. The lowest BCUT2D eigenvalue weighted by Crippen LogP contribution is -2.37. The predicted molar refractivity (Wildman–Crippen MR) is 101 cm³/mol. The Kier molecular flexibility index (Phi) is 5.67. The zero-order chi connectivity index (χ0) is 17.8. The van der Waals surface area contributed by atoms with Gasteiger partial charge in [-0.3, -0.25) is 9.69 Å². The lowest BCUT2D eigenvalue weighted by atomic mass is 10.3. The highest BCUT2D eigenvalue weighted by atomic mass is 32.1. The van der Waals surface area contributed by atoms with Crippen molar-refractivity contribution in [2.45, 2.75) is 25.6 Å². The van der Waals surface area contributed by atoms with Gasteiger partial charge in [0.05, 0.1) is 26.0 Å². The van der Waals surface area contributed by atoms with Crippen LogP contribution in [0.3, 0.4) is 0 Å². The zero-order valence-electron chi connectivity index (χ0n) is 14.2. The molecule has 25 heavy (non-hydrogen) atoms. The van der Waals surface area contributed by atoms with Crippen LogP contribution in [0.15, 0.2) is 24.3 Å². The number of nitrogens with zero attached hydrogens (tertiary/aromatic N) is 3. The third-order valence-corrected chi connectivity index (χ3v) is 4.91. The first-order chi connectivity index (χ1) is 12.0. The van der Waals surface area contributed by atoms with Gasteiger partial charge in [0, 0.05) is 6.04 Å². The van der Waals surface area contributed by atoms with E-state index in [1.807, 2.05) is 36.2 Å². The van der Waals surface area contributed by atoms with Crippen LogP contribution in [0, 0.1) is 3.95 Å². The van der Waals surface area contributed by atoms with Crippen molar-refractivity contribution in [3.8, 4) is 5.75 Å². The summed E-state index contributed by atoms with van der Waals surface area (Å²) in [5.74, 6) is 0.781. The lowest BCUT2D eigenvalue weighted by molar-refractivity contribution is -0.122. The second kappa shape index (κ2) is 7.94. The molecule has 7 nitrogen and oxygen atoms in total. The van der Waals surface area contributed by atoms with E-state index in [-0.39, 0.29) is 5.91 Å². The molecule has 1 aromatic carbocycles. The molecule has 1 aromatic heterocycles. The summed E-state index contributed by atoms with van der Waals surface area (Å²) in [4.78, 5) is 13.8. The number of carbonyl (C=O) groups is 1. The van der Waals surface area contributed by atoms with Crippen molar-refractivity contribution in [2.24, 2.45) is 0 Å². The predicted octanol–water partition coefficient (Wildman–Crippen LogP) is 2.59. The number of anilines is 2. The molecule has 134 valence electrons. The number of hydrogen-bond acceptors (Lipinski definition) is 7. The molecular formula is C16H21N5O2S2. The van der Waals surface area contributed by atoms with Crippen LogP contribution in [-0.4, -0.2) is 47.3 Å². The van der Waals surface area contributed by atoms with E-state index in [0.29, 0.717) is 28.3 Å². The van der Waals surface area contributed by atoms with Gasteiger partial charge in [-0.15, -0.1) is 5.10 Å². The molecule has 0 spiro atoms. The molecule has 1 amide bonds. The van der Waals surface area contributed by atoms with Crippen LogP contribution in [0.4, 0.5) is 10.8 Å². The average Bonchev–Trinajstić information content (AvgIpc) is 3.31. The molecular weight excluding hydrogens is 358 g/mol. The Balaban J connectivity index is 1.61. The Hall–Kier alpha value is -1.97. The highest BCUT2D eigenvalue weighted by Gasteiger charge is 2.23. The first kappa shape index (κ1) is 17.8. The number of ether oxygens (including phenoxy) is 1. The highest BCUT2D eigenvalue weighted by molar-refractivity contribution is 7.73. The molecule has 1 saturated carbocycles. The van der Waals surface area contributed by atoms with Crippen LogP contribution in [0.25, 0.3) is 0 Å². The number of benzene rings is 1. The monoisotopic (exact) mass is 379 g/mol. The number of aromatic nitrogens is 2. The summed E-state index contributed by atoms with van der Waals surface area (Å²) in [6, 6.07) is 8.01. The molecule has 0 atom stereocenters. The second-order valence-electron chi connectivity index (χ2n) is 6.00. The highest BCUT2D eigenvalue weighted by Crippen LogP contribution is 2.28. The van der Waals surface area contributed by atoms with E-state index < -0.39 is 0 Å². The Morgan fingerprint density at radius 1 is 1.48 bits per heavy atom. The maximum absolute atomic E-state index is 11.9. The maximum Gasteiger partial charge on any atom is 0.234 e. The van der Waals surface area contributed by atoms with Gasteiger partial charge >= 0.3 is 0 Å². The fraction of sp³-hybridized carbons (Fsp3) is 0.438. The minimum Gasteiger partial charge on any atom is -0.495 e. The molecule has 1 fully saturated rings. The zero-order valence-corrected chi connectivity index (χ0v) is 15.8. The van der Waals surface area contributed by atoms with Crippen molar-refractivity contribution >= 4 is 40.3 Å². The second-order valence-corrected chi connectivity index (χ2v) is 7.62. The third-order valence-electron chi connectivity index (χ3n) is 3.69. The van der Waals surface area contributed by atoms with Gasteiger partial charge in [-0.1, -0.05) is 23.5 Å². The molecule has 0 saturated heterocycles. The van der Waals surface area contributed by atoms with Crippen LogP contribution in [0.1, 0.15) is 12.8 Å². The molecule has 1 aliphatic rings. The van der Waals surface area contributed by atoms with E-state index in [4.69, 9.17) is 17.0 Å². The number of para-hydroxylation sites is 2. The summed E-state index contributed by atoms with van der Waals surface area (Å²) in [6.45, 7) is 0.784. The normalized spacial score (nSPS) is 13.7. The number of carbonyl (C=O) groups excluding carboxylic acids is 1. The van der Waals surface area contributed by atoms with Crippen molar-refractivity contribution in [3.05, 3.63) is 28.2 Å². The number of likely N-dealkylation sites (N-methyl/N-ethyl adjacent to an activating group) is 1. The van der Waals surface area contributed by atoms with Crippen molar-refractivity contribution in [2.75, 3.05) is 26.0 Å². The van der Waals surface area contributed by atoms with Gasteiger partial charge in [-0.25, -0.2) is 4.68 Å². The number of rotatable bonds is 8. The molecule has 9 heteroatoms. The Morgan fingerprint density at radius 2 is 2.24 bits per heavy atom. The Labute approximate surface area is 155 Å². The van der Waals surface area contributed by atoms with Crippen LogP contribution >= 0.6 is 23.6 Å². The summed E-state index contributed by atoms with van der Waals surface area (Å²) in [5.41, 5.74) is 0.832. The molecule has 3 rings (SSSR count). The van der Waals surface area contributed by atoms with Gasteiger partial charge in [0.1, 0.15) is 5.75 Å². The summed E-state index contributed by atoms with van der Waals surface area (Å²) < 4.78 is 7.68. The standard InChI is InChI=1S/C16H21N5O2S2/c1-20(9-14(22)17-11-7-8-11)10-21-16(24)25-15(19-21)18-12-5-3-4-6-13(12)23-2/h3-6,11H,7-10H2,1-2H3,(H,17,22)(H,18,19). The van der Waals surface area contributed by atoms with Crippen LogP contribution < -0.4 is 15.4 Å². The van der Waals surface area contributed by atoms with Gasteiger partial charge in [0.25, 0.3) is 0 Å². The number of hydrogen-bond donors (Lipinski definition) is 2. The average molecular weight is 380 g/mol. The molecule has 2 aromatic rings. The topological polar surface area (TPSA) is 71.4 Å². The van der Waals surface area contributed by atoms with Gasteiger partial charge in [0.2, 0.25) is 11.0 Å². The van der Waals surface area contributed by atoms with E-state index >= 15 is 0 Å². The number of nitrogens with one attached hydrogen (secondary N) is 2. The number of amides is 1. The van der Waals surface area contributed by atoms with Crippen molar-refractivity contribution < 1.29 is 9.53 Å². The maximum atomic E-state index is 11.9. The van der Waals surface area contributed by atoms with E-state index in [2.05, 4.69) is 15.7 Å². The van der Waals surface area contributed by atoms with E-state index in [1.165, 1.54) is 11.3 Å². The summed E-state index contributed by atoms with van der Waals surface area (Å²) >= 11 is 6.77. The largest absolute Gasteiger partial charge is 0.495 e. The summed E-state index contributed by atoms with van der Waals surface area (Å²) in [7, 11) is 3.50. The van der Waals surface area contributed by atoms with E-state index in [1.54, 1.807) is 11.8 Å². The van der Waals surface area contributed by atoms with Crippen LogP contribution in [0.2, 0.25) is 0 Å². The molecule has 1 aliphatic carbocycles. The third kappa shape index (κ3) is 5.00. The SMILES string of the molecule is COc1ccccc1Nc1nn(CN(C)CC(=O)NC2CC2)c(=S)s1. The van der Waals surface area contributed by atoms with Crippen LogP contribution in [0.5, 0.6) is 5.75 Å². The van der Waals surface area contributed by atoms with Crippen molar-refractivity contribution in [1.29, 1.82) is 0 Å². The summed E-state index contributed by atoms with van der Waals surface area (Å²) in [6.07, 6.45) is 2.18. The minimum atomic E-state index is 0.0409. The first-order valence-electron chi connectivity index (χ1n) is 8.01. The Bertz CT molecular complexity index is 800. The lowest BCUT2D eigenvalue weighted by Gasteiger charge is -2.15. The van der Waals surface area contributed by atoms with Gasteiger partial charge < -0.3 is 15.4 Å². The molecule has 1 heterocycles. The van der Waals surface area contributed by atoms with E-state index in [9.17, 15) is 4.79 Å². The smallest absolute Gasteiger partial charge is 0.234 e. The molecule has 2 N–H and O–H groups in total. The number of methoxy groups -OCH3 is 1. The Morgan fingerprint density at radius 3 is 2.96 bits per heavy atom.